The molecule has 0 aliphatic heterocycles. The zero-order chi connectivity index (χ0) is 57.6. The number of methoxy groups -OCH3 is 1. The van der Waals surface area contributed by atoms with Crippen molar-refractivity contribution >= 4 is 59.0 Å². The van der Waals surface area contributed by atoms with Crippen molar-refractivity contribution in [3.63, 3.8) is 0 Å². The smallest absolute Gasteiger partial charge is 0.345 e. The predicted octanol–water partition coefficient (Wildman–Crippen LogP) is 12.6. The minimum Gasteiger partial charge on any atom is -0.543 e. The molecule has 80 heavy (non-hydrogen) atoms. The molecule has 4 aromatic carbocycles. The summed E-state index contributed by atoms with van der Waals surface area (Å²) in [7, 11) is -0.773. The summed E-state index contributed by atoms with van der Waals surface area (Å²) in [4.78, 5) is 33.3. The van der Waals surface area contributed by atoms with Crippen molar-refractivity contribution in [2.45, 2.75) is 78.0 Å². The first-order valence-electron chi connectivity index (χ1n) is 25.9. The highest BCUT2D eigenvalue weighted by atomic mass is 35.5. The third-order valence-electron chi connectivity index (χ3n) is 13.3. The van der Waals surface area contributed by atoms with Gasteiger partial charge in [-0.05, 0) is 103 Å². The van der Waals surface area contributed by atoms with E-state index in [1.165, 1.54) is 29.8 Å². The molecule has 0 aliphatic rings. The van der Waals surface area contributed by atoms with Crippen LogP contribution >= 0.6 is 34.5 Å². The molecule has 0 radical (unpaired) electrons. The van der Waals surface area contributed by atoms with Crippen molar-refractivity contribution in [1.29, 1.82) is 0 Å². The first-order valence-corrected chi connectivity index (χ1v) is 30.3. The zero-order valence-electron chi connectivity index (χ0n) is 46.1. The van der Waals surface area contributed by atoms with Gasteiger partial charge in [-0.25, -0.2) is 29.1 Å². The van der Waals surface area contributed by atoms with Crippen LogP contribution in [-0.2, 0) is 36.8 Å². The zero-order valence-corrected chi connectivity index (χ0v) is 49.4. The third-order valence-corrected chi connectivity index (χ3v) is 19.7. The van der Waals surface area contributed by atoms with Gasteiger partial charge in [0.1, 0.15) is 53.5 Å². The number of fused-ring (bicyclic) bond motifs is 1. The summed E-state index contributed by atoms with van der Waals surface area (Å²) in [5.74, 6) is 0.265. The fourth-order valence-corrected chi connectivity index (χ4v) is 10.8. The lowest BCUT2D eigenvalue weighted by Crippen LogP contribution is -2.43. The number of nitrogens with zero attached hydrogens (tertiary/aromatic N) is 4. The van der Waals surface area contributed by atoms with Gasteiger partial charge in [-0.1, -0.05) is 74.3 Å². The van der Waals surface area contributed by atoms with E-state index in [0.717, 1.165) is 0 Å². The normalized spacial score (nSPS) is 12.6. The molecule has 0 spiro atoms. The summed E-state index contributed by atoms with van der Waals surface area (Å²) in [5, 5.41) is 21.8. The maximum Gasteiger partial charge on any atom is 0.345 e. The minimum absolute atomic E-state index is 0.0127. The van der Waals surface area contributed by atoms with Crippen LogP contribution in [0.4, 0.5) is 4.39 Å². The fraction of sp³-hybridized carbons (Fsp3) is 0.373. The molecule has 3 aromatic heterocycles. The van der Waals surface area contributed by atoms with E-state index in [9.17, 15) is 19.4 Å². The number of aliphatic hydroxyl groups excluding tert-OH is 1. The summed E-state index contributed by atoms with van der Waals surface area (Å²) in [6.07, 6.45) is 1.95. The molecule has 0 saturated heterocycles. The number of aliphatic carboxylic acids is 1. The Hall–Kier alpha value is -6.26. The van der Waals surface area contributed by atoms with Gasteiger partial charge in [0, 0.05) is 35.7 Å². The van der Waals surface area contributed by atoms with Crippen LogP contribution in [0.15, 0.2) is 98.0 Å². The van der Waals surface area contributed by atoms with Crippen LogP contribution in [0.1, 0.15) is 43.2 Å². The van der Waals surface area contributed by atoms with Gasteiger partial charge in [0.05, 0.1) is 79.5 Å². The Balaban J connectivity index is 1.23. The van der Waals surface area contributed by atoms with Crippen LogP contribution in [0.25, 0.3) is 43.2 Å². The van der Waals surface area contributed by atoms with E-state index < -0.39 is 38.9 Å². The minimum atomic E-state index is -2.40. The number of ether oxygens (including phenoxy) is 8. The van der Waals surface area contributed by atoms with Gasteiger partial charge < -0.3 is 52.5 Å². The molecule has 7 rings (SSSR count). The van der Waals surface area contributed by atoms with Crippen LogP contribution in [0.3, 0.4) is 0 Å². The number of aliphatic hydroxyl groups is 1. The van der Waals surface area contributed by atoms with Crippen LogP contribution in [-0.4, -0.2) is 123 Å². The summed E-state index contributed by atoms with van der Waals surface area (Å²) >= 11 is 15.6. The number of hydrogen-bond acceptors (Lipinski definition) is 16. The van der Waals surface area contributed by atoms with Crippen molar-refractivity contribution in [1.82, 2.24) is 19.9 Å². The molecule has 3 heterocycles. The quantitative estimate of drug-likeness (QED) is 0.0245. The number of rotatable bonds is 30. The van der Waals surface area contributed by atoms with Crippen molar-refractivity contribution < 1.29 is 61.7 Å². The average Bonchev–Trinajstić information content (AvgIpc) is 4.07. The molecule has 2 atom stereocenters. The molecule has 0 aliphatic carbocycles. The van der Waals surface area contributed by atoms with Crippen LogP contribution in [0, 0.1) is 19.7 Å². The third kappa shape index (κ3) is 15.4. The Morgan fingerprint density at radius 2 is 1.55 bits per heavy atom. The molecule has 0 amide bonds. The number of para-hydroxylation sites is 1. The van der Waals surface area contributed by atoms with E-state index >= 15 is 0 Å². The van der Waals surface area contributed by atoms with E-state index in [1.807, 2.05) is 30.3 Å². The van der Waals surface area contributed by atoms with Gasteiger partial charge in [0.25, 0.3) is 0 Å². The molecule has 7 aromatic rings. The summed E-state index contributed by atoms with van der Waals surface area (Å²) < 4.78 is 68.3. The molecule has 2 unspecified atom stereocenters. The molecule has 16 nitrogen and oxygen atoms in total. The van der Waals surface area contributed by atoms with Gasteiger partial charge in [0.2, 0.25) is 20.3 Å². The number of halogens is 3. The number of thiophene rings is 1. The molecule has 0 bridgehead atoms. The van der Waals surface area contributed by atoms with E-state index in [2.05, 4.69) is 55.4 Å². The number of carboxylic acid groups (broad SMARTS) is 1. The standard InChI is InChI=1S/C59H67Cl2FN4O12SSi/c1-10-23-73-34-43(32-67)76-53-51(60)36(2)48(37(3)52(53)61)49-50-56(64-35-65-57(50)79-54(49)38-15-17-40(62)18-16-38)77-47(58(68)69)31-39-30-42(78-80(8,9)59(4,5)6)19-20-45(39)75-33-41-21-22-63-55(66-41)44-13-11-12-14-46(44)74-29-28-72-27-26-71-25-24-70-7/h10-22,30,35,43,47,67H,1,23-29,31-34H2,2-9H3,(H,68,69). The van der Waals surface area contributed by atoms with Crippen LogP contribution in [0.5, 0.6) is 28.9 Å². The lowest BCUT2D eigenvalue weighted by Gasteiger charge is -2.36. The molecule has 0 fully saturated rings. The van der Waals surface area contributed by atoms with Crippen LogP contribution < -0.4 is 23.4 Å². The van der Waals surface area contributed by atoms with Gasteiger partial charge >= 0.3 is 5.97 Å². The first kappa shape index (κ1) is 61.4. The average molecular weight is 1170 g/mol. The van der Waals surface area contributed by atoms with E-state index in [4.69, 9.17) is 70.5 Å². The second-order valence-electron chi connectivity index (χ2n) is 20.0. The topological polar surface area (TPSA) is 192 Å². The SMILES string of the molecule is C=CCOCC(CO)Oc1c(Cl)c(C)c(-c2c(-c3ccc(F)cc3)sc3ncnc(OC(Cc4cc(O[Si](C)(C)C(C)(C)C)ccc4OCc4ccnc(-c5ccccc5OCCOCCOCCOC)n4)C(=O)O)c23)c(C)c1Cl. The van der Waals surface area contributed by atoms with E-state index in [-0.39, 0.29) is 53.0 Å². The Kier molecular flexibility index (Phi) is 21.8. The second-order valence-corrected chi connectivity index (χ2v) is 26.5. The summed E-state index contributed by atoms with van der Waals surface area (Å²) in [5.41, 5.74) is 4.46. The first-order chi connectivity index (χ1) is 38.3. The number of hydrogen-bond donors (Lipinski definition) is 2. The van der Waals surface area contributed by atoms with E-state index in [1.54, 1.807) is 63.6 Å². The number of carboxylic acids is 1. The molecule has 0 saturated carbocycles. The monoisotopic (exact) mass is 1170 g/mol. The Morgan fingerprint density at radius 1 is 0.850 bits per heavy atom. The number of benzene rings is 4. The van der Waals surface area contributed by atoms with Gasteiger partial charge in [0.15, 0.2) is 11.6 Å². The van der Waals surface area contributed by atoms with E-state index in [0.29, 0.717) is 122 Å². The predicted molar refractivity (Wildman–Crippen MR) is 311 cm³/mol. The molecular weight excluding hydrogens is 1110 g/mol. The summed E-state index contributed by atoms with van der Waals surface area (Å²) in [6.45, 7) is 20.3. The summed E-state index contributed by atoms with van der Waals surface area (Å²) in [6, 6.07) is 20.5. The van der Waals surface area contributed by atoms with Gasteiger partial charge in [-0.2, -0.15) is 0 Å². The highest BCUT2D eigenvalue weighted by Gasteiger charge is 2.39. The number of aromatic nitrogens is 4. The van der Waals surface area contributed by atoms with Crippen molar-refractivity contribution in [3.05, 3.63) is 136 Å². The molecular formula is C59H67Cl2FN4O12SSi. The molecule has 2 N–H and O–H groups in total. The maximum atomic E-state index is 14.5. The maximum absolute atomic E-state index is 14.5. The van der Waals surface area contributed by atoms with Crippen molar-refractivity contribution in [2.24, 2.45) is 0 Å². The molecule has 21 heteroatoms. The Labute approximate surface area is 480 Å². The number of carbonyl (C=O) groups is 1. The second kappa shape index (κ2) is 28.4. The lowest BCUT2D eigenvalue weighted by atomic mass is 9.92. The van der Waals surface area contributed by atoms with Crippen LogP contribution in [0.2, 0.25) is 28.2 Å². The highest BCUT2D eigenvalue weighted by Crippen LogP contribution is 2.53. The van der Waals surface area contributed by atoms with Crippen molar-refractivity contribution in [2.75, 3.05) is 66.6 Å². The Bertz CT molecular complexity index is 3210. The Morgan fingerprint density at radius 3 is 2.23 bits per heavy atom. The van der Waals surface area contributed by atoms with Gasteiger partial charge in [-0.3, -0.25) is 0 Å². The largest absolute Gasteiger partial charge is 0.543 e. The molecule has 426 valence electrons. The van der Waals surface area contributed by atoms with Gasteiger partial charge in [-0.15, -0.1) is 17.9 Å². The fourth-order valence-electron chi connectivity index (χ4n) is 8.12. The highest BCUT2D eigenvalue weighted by molar-refractivity contribution is 7.22. The van der Waals surface area contributed by atoms with Crippen molar-refractivity contribution in [3.8, 4) is 61.8 Å². The lowest BCUT2D eigenvalue weighted by molar-refractivity contribution is -0.145.